The minimum Gasteiger partial charge on any atom is -0.378 e. The minimum atomic E-state index is -0.0543. The van der Waals surface area contributed by atoms with E-state index in [1.807, 2.05) is 24.3 Å². The van der Waals surface area contributed by atoms with Gasteiger partial charge in [0.15, 0.2) is 0 Å². The molecule has 1 aliphatic rings. The second-order valence-corrected chi connectivity index (χ2v) is 5.10. The molecule has 0 bridgehead atoms. The number of nitrogens with zero attached hydrogens (tertiary/aromatic N) is 2. The van der Waals surface area contributed by atoms with Crippen molar-refractivity contribution in [3.05, 3.63) is 36.2 Å². The van der Waals surface area contributed by atoms with Crippen molar-refractivity contribution in [2.75, 3.05) is 6.61 Å². The minimum absolute atomic E-state index is 0.0543. The molecule has 19 heavy (non-hydrogen) atoms. The van der Waals surface area contributed by atoms with E-state index in [2.05, 4.69) is 9.97 Å². The van der Waals surface area contributed by atoms with Gasteiger partial charge in [0.25, 0.3) is 0 Å². The van der Waals surface area contributed by atoms with Crippen LogP contribution in [-0.4, -0.2) is 22.7 Å². The molecule has 0 aliphatic carbocycles. The average Bonchev–Trinajstić information content (AvgIpc) is 2.97. The number of para-hydroxylation sites is 2. The summed E-state index contributed by atoms with van der Waals surface area (Å²) >= 11 is 0. The van der Waals surface area contributed by atoms with E-state index in [4.69, 9.17) is 10.5 Å². The molecule has 0 spiro atoms. The molecule has 1 aromatic carbocycles. The van der Waals surface area contributed by atoms with Gasteiger partial charge in [0.2, 0.25) is 0 Å². The van der Waals surface area contributed by atoms with Gasteiger partial charge in [-0.2, -0.15) is 0 Å². The molecular weight excluding hydrogens is 238 g/mol. The van der Waals surface area contributed by atoms with Crippen LogP contribution in [0.5, 0.6) is 0 Å². The molecule has 1 fully saturated rings. The first-order chi connectivity index (χ1) is 9.33. The number of hydrogen-bond acceptors (Lipinski definition) is 4. The number of fused-ring (bicyclic) bond motifs is 1. The summed E-state index contributed by atoms with van der Waals surface area (Å²) in [5.74, 6) is 0. The maximum absolute atomic E-state index is 6.21. The highest BCUT2D eigenvalue weighted by Crippen LogP contribution is 2.22. The Morgan fingerprint density at radius 2 is 2.16 bits per heavy atom. The summed E-state index contributed by atoms with van der Waals surface area (Å²) in [5, 5.41) is 0. The number of hydrogen-bond donors (Lipinski definition) is 1. The van der Waals surface area contributed by atoms with Crippen molar-refractivity contribution in [2.45, 2.75) is 37.8 Å². The molecule has 100 valence electrons. The van der Waals surface area contributed by atoms with E-state index in [-0.39, 0.29) is 6.04 Å². The summed E-state index contributed by atoms with van der Waals surface area (Å²) in [6, 6.07) is 7.82. The number of ether oxygens (including phenoxy) is 1. The van der Waals surface area contributed by atoms with Gasteiger partial charge in [-0.25, -0.2) is 4.98 Å². The molecule has 2 atom stereocenters. The van der Waals surface area contributed by atoms with Gasteiger partial charge >= 0.3 is 0 Å². The molecule has 0 amide bonds. The number of benzene rings is 1. The Bertz CT molecular complexity index is 552. The van der Waals surface area contributed by atoms with Crippen LogP contribution >= 0.6 is 0 Å². The van der Waals surface area contributed by atoms with Crippen molar-refractivity contribution in [1.29, 1.82) is 0 Å². The Morgan fingerprint density at radius 3 is 2.95 bits per heavy atom. The zero-order chi connectivity index (χ0) is 13.1. The van der Waals surface area contributed by atoms with Crippen molar-refractivity contribution in [3.63, 3.8) is 0 Å². The van der Waals surface area contributed by atoms with Crippen molar-refractivity contribution in [1.82, 2.24) is 9.97 Å². The molecule has 2 heterocycles. The van der Waals surface area contributed by atoms with E-state index in [1.54, 1.807) is 6.20 Å². The summed E-state index contributed by atoms with van der Waals surface area (Å²) in [7, 11) is 0. The first-order valence-electron chi connectivity index (χ1n) is 6.92. The molecule has 1 aromatic heterocycles. The summed E-state index contributed by atoms with van der Waals surface area (Å²) in [5.41, 5.74) is 8.90. The normalized spacial score (nSPS) is 20.8. The zero-order valence-electron chi connectivity index (χ0n) is 11.0. The van der Waals surface area contributed by atoms with E-state index in [1.165, 1.54) is 6.42 Å². The van der Waals surface area contributed by atoms with Crippen LogP contribution in [0.3, 0.4) is 0 Å². The maximum atomic E-state index is 6.21. The number of rotatable bonds is 4. The predicted octanol–water partition coefficient (Wildman–Crippen LogP) is 2.59. The lowest BCUT2D eigenvalue weighted by Gasteiger charge is -2.14. The van der Waals surface area contributed by atoms with E-state index in [0.29, 0.717) is 6.10 Å². The predicted molar refractivity (Wildman–Crippen MR) is 74.7 cm³/mol. The Hall–Kier alpha value is -1.52. The van der Waals surface area contributed by atoms with Gasteiger partial charge in [-0.15, -0.1) is 0 Å². The van der Waals surface area contributed by atoms with Gasteiger partial charge in [0, 0.05) is 12.6 Å². The summed E-state index contributed by atoms with van der Waals surface area (Å²) in [6.07, 6.45) is 6.43. The van der Waals surface area contributed by atoms with E-state index < -0.39 is 0 Å². The molecule has 1 saturated heterocycles. The number of nitrogens with two attached hydrogens (primary N) is 1. The molecule has 2 unspecified atom stereocenters. The maximum Gasteiger partial charge on any atom is 0.0890 e. The molecule has 4 heteroatoms. The smallest absolute Gasteiger partial charge is 0.0890 e. The fraction of sp³-hybridized carbons (Fsp3) is 0.467. The second-order valence-electron chi connectivity index (χ2n) is 5.10. The fourth-order valence-corrected chi connectivity index (χ4v) is 2.54. The largest absolute Gasteiger partial charge is 0.378 e. The standard InChI is InChI=1S/C15H19N3O/c16-12(8-7-11-4-3-9-19-11)15-10-17-13-5-1-2-6-14(13)18-15/h1-2,5-6,10-12H,3-4,7-9,16H2. The zero-order valence-corrected chi connectivity index (χ0v) is 11.0. The third-order valence-electron chi connectivity index (χ3n) is 3.67. The average molecular weight is 257 g/mol. The fourth-order valence-electron chi connectivity index (χ4n) is 2.54. The first kappa shape index (κ1) is 12.5. The lowest BCUT2D eigenvalue weighted by Crippen LogP contribution is -2.16. The van der Waals surface area contributed by atoms with Crippen LogP contribution in [0.15, 0.2) is 30.5 Å². The molecule has 0 saturated carbocycles. The SMILES string of the molecule is NC(CCC1CCCO1)c1cnc2ccccc2n1. The van der Waals surface area contributed by atoms with E-state index in [0.717, 1.165) is 42.6 Å². The van der Waals surface area contributed by atoms with Crippen LogP contribution in [0.2, 0.25) is 0 Å². The topological polar surface area (TPSA) is 61.0 Å². The summed E-state index contributed by atoms with van der Waals surface area (Å²) in [6.45, 7) is 0.898. The van der Waals surface area contributed by atoms with Gasteiger partial charge in [0.05, 0.1) is 29.0 Å². The highest BCUT2D eigenvalue weighted by atomic mass is 16.5. The van der Waals surface area contributed by atoms with Crippen molar-refractivity contribution < 1.29 is 4.74 Å². The molecule has 4 nitrogen and oxygen atoms in total. The highest BCUT2D eigenvalue weighted by molar-refractivity contribution is 5.73. The van der Waals surface area contributed by atoms with Crippen molar-refractivity contribution in [2.24, 2.45) is 5.73 Å². The van der Waals surface area contributed by atoms with Gasteiger partial charge in [-0.3, -0.25) is 4.98 Å². The van der Waals surface area contributed by atoms with Gasteiger partial charge in [-0.1, -0.05) is 12.1 Å². The van der Waals surface area contributed by atoms with Crippen LogP contribution < -0.4 is 5.73 Å². The van der Waals surface area contributed by atoms with E-state index >= 15 is 0 Å². The Labute approximate surface area is 113 Å². The van der Waals surface area contributed by atoms with Gasteiger partial charge < -0.3 is 10.5 Å². The second kappa shape index (κ2) is 5.63. The van der Waals surface area contributed by atoms with Crippen molar-refractivity contribution >= 4 is 11.0 Å². The first-order valence-corrected chi connectivity index (χ1v) is 6.92. The van der Waals surface area contributed by atoms with Gasteiger partial charge in [0.1, 0.15) is 0 Å². The van der Waals surface area contributed by atoms with Crippen molar-refractivity contribution in [3.8, 4) is 0 Å². The molecule has 1 aliphatic heterocycles. The van der Waals surface area contributed by atoms with Crippen LogP contribution in [0.4, 0.5) is 0 Å². The van der Waals surface area contributed by atoms with Gasteiger partial charge in [-0.05, 0) is 37.8 Å². The molecule has 2 aromatic rings. The van der Waals surface area contributed by atoms with Crippen LogP contribution in [0.25, 0.3) is 11.0 Å². The molecule has 2 N–H and O–H groups in total. The lowest BCUT2D eigenvalue weighted by atomic mass is 10.0. The third-order valence-corrected chi connectivity index (χ3v) is 3.67. The quantitative estimate of drug-likeness (QED) is 0.914. The van der Waals surface area contributed by atoms with Crippen LogP contribution in [0.1, 0.15) is 37.4 Å². The van der Waals surface area contributed by atoms with Crippen LogP contribution in [-0.2, 0) is 4.74 Å². The molecular formula is C15H19N3O. The summed E-state index contributed by atoms with van der Waals surface area (Å²) in [4.78, 5) is 9.00. The third kappa shape index (κ3) is 2.91. The molecule has 3 rings (SSSR count). The monoisotopic (exact) mass is 257 g/mol. The highest BCUT2D eigenvalue weighted by Gasteiger charge is 2.17. The number of aromatic nitrogens is 2. The summed E-state index contributed by atoms with van der Waals surface area (Å²) < 4.78 is 5.62. The Morgan fingerprint density at radius 1 is 1.32 bits per heavy atom. The Balaban J connectivity index is 1.68. The molecule has 0 radical (unpaired) electrons. The van der Waals surface area contributed by atoms with E-state index in [9.17, 15) is 0 Å². The van der Waals surface area contributed by atoms with Crippen LogP contribution in [0, 0.1) is 0 Å². The Kier molecular flexibility index (Phi) is 3.71. The lowest BCUT2D eigenvalue weighted by molar-refractivity contribution is 0.101.